The Morgan fingerprint density at radius 2 is 1.61 bits per heavy atom. The summed E-state index contributed by atoms with van der Waals surface area (Å²) < 4.78 is 0. The van der Waals surface area contributed by atoms with Crippen LogP contribution in [-0.4, -0.2) is 15.0 Å². The van der Waals surface area contributed by atoms with E-state index in [1.807, 2.05) is 18.2 Å². The highest BCUT2D eigenvalue weighted by molar-refractivity contribution is 5.33. The minimum absolute atomic E-state index is 0.172. The van der Waals surface area contributed by atoms with Crippen molar-refractivity contribution < 1.29 is 0 Å². The number of aromatic amines is 2. The van der Waals surface area contributed by atoms with Gasteiger partial charge in [0.05, 0.1) is 0 Å². The van der Waals surface area contributed by atoms with Crippen LogP contribution in [0.3, 0.4) is 0 Å². The van der Waals surface area contributed by atoms with E-state index in [0.717, 1.165) is 37.1 Å². The number of nitrogen functional groups attached to an aromatic ring is 1. The molecule has 0 atom stereocenters. The number of pyridine rings is 1. The molecular formula is C22H24N4O2. The summed E-state index contributed by atoms with van der Waals surface area (Å²) in [4.78, 5) is 34.1. The summed E-state index contributed by atoms with van der Waals surface area (Å²) >= 11 is 0. The second kappa shape index (κ2) is 7.84. The fraction of sp³-hybridized carbons (Fsp3) is 0.318. The second-order valence-corrected chi connectivity index (χ2v) is 7.49. The van der Waals surface area contributed by atoms with E-state index >= 15 is 0 Å². The molecule has 2 heterocycles. The normalized spacial score (nSPS) is 19.4. The molecule has 1 aliphatic rings. The average molecular weight is 376 g/mol. The zero-order valence-corrected chi connectivity index (χ0v) is 15.7. The molecule has 0 aliphatic heterocycles. The quantitative estimate of drug-likeness (QED) is 0.651. The Balaban J connectivity index is 1.59. The van der Waals surface area contributed by atoms with Gasteiger partial charge < -0.3 is 10.7 Å². The van der Waals surface area contributed by atoms with E-state index < -0.39 is 5.69 Å². The van der Waals surface area contributed by atoms with E-state index in [0.29, 0.717) is 23.7 Å². The van der Waals surface area contributed by atoms with E-state index in [9.17, 15) is 9.59 Å². The molecule has 3 aromatic rings. The number of anilines is 1. The molecule has 1 fully saturated rings. The van der Waals surface area contributed by atoms with Gasteiger partial charge in [-0.1, -0.05) is 36.4 Å². The molecule has 0 saturated heterocycles. The first-order valence-corrected chi connectivity index (χ1v) is 9.72. The molecule has 144 valence electrons. The minimum Gasteiger partial charge on any atom is -0.384 e. The number of nitrogens with one attached hydrogen (secondary N) is 2. The molecule has 4 N–H and O–H groups in total. The van der Waals surface area contributed by atoms with E-state index in [1.54, 1.807) is 6.07 Å². The van der Waals surface area contributed by atoms with Crippen LogP contribution in [0.5, 0.6) is 0 Å². The van der Waals surface area contributed by atoms with Gasteiger partial charge in [0.1, 0.15) is 5.82 Å². The summed E-state index contributed by atoms with van der Waals surface area (Å²) in [6.07, 6.45) is 4.32. The van der Waals surface area contributed by atoms with Crippen molar-refractivity contribution in [3.05, 3.63) is 91.9 Å². The highest BCUT2D eigenvalue weighted by Gasteiger charge is 2.27. The average Bonchev–Trinajstić information content (AvgIpc) is 2.71. The van der Waals surface area contributed by atoms with Gasteiger partial charge in [-0.2, -0.15) is 0 Å². The molecule has 2 aromatic heterocycles. The molecule has 6 nitrogen and oxygen atoms in total. The summed E-state index contributed by atoms with van der Waals surface area (Å²) in [6, 6.07) is 15.9. The molecular weight excluding hydrogens is 352 g/mol. The number of benzene rings is 1. The van der Waals surface area contributed by atoms with Crippen LogP contribution in [0.25, 0.3) is 0 Å². The van der Waals surface area contributed by atoms with Gasteiger partial charge in [-0.25, -0.2) is 9.78 Å². The van der Waals surface area contributed by atoms with Crippen molar-refractivity contribution in [1.82, 2.24) is 15.0 Å². The standard InChI is InChI=1S/C22H24N4O2/c23-19-8-4-7-17(24-19)13-18-20(25-22(28)26-21(18)27)16-11-9-15(10-12-16)14-5-2-1-3-6-14/h1-8,15-16H,9-13H2,(H2,23,24)(H2,25,26,27,28)/t15-,16-. The molecule has 4 rings (SSSR count). The maximum absolute atomic E-state index is 12.5. The van der Waals surface area contributed by atoms with Crippen LogP contribution in [-0.2, 0) is 6.42 Å². The van der Waals surface area contributed by atoms with Crippen LogP contribution in [0.1, 0.15) is 60.0 Å². The highest BCUT2D eigenvalue weighted by Crippen LogP contribution is 2.40. The van der Waals surface area contributed by atoms with E-state index in [-0.39, 0.29) is 11.5 Å². The Labute approximate surface area is 162 Å². The number of nitrogens with zero attached hydrogens (tertiary/aromatic N) is 1. The lowest BCUT2D eigenvalue weighted by Gasteiger charge is -2.29. The zero-order chi connectivity index (χ0) is 19.5. The van der Waals surface area contributed by atoms with Crippen LogP contribution in [0.4, 0.5) is 5.82 Å². The van der Waals surface area contributed by atoms with Gasteiger partial charge in [0, 0.05) is 23.4 Å². The molecule has 6 heteroatoms. The van der Waals surface area contributed by atoms with E-state index in [2.05, 4.69) is 39.2 Å². The molecule has 1 aromatic carbocycles. The van der Waals surface area contributed by atoms with Gasteiger partial charge in [0.15, 0.2) is 0 Å². The molecule has 0 radical (unpaired) electrons. The topological polar surface area (TPSA) is 105 Å². The maximum atomic E-state index is 12.5. The van der Waals surface area contributed by atoms with Gasteiger partial charge in [0.2, 0.25) is 0 Å². The minimum atomic E-state index is -0.450. The summed E-state index contributed by atoms with van der Waals surface area (Å²) in [7, 11) is 0. The van der Waals surface area contributed by atoms with Crippen LogP contribution in [0, 0.1) is 0 Å². The Morgan fingerprint density at radius 1 is 0.893 bits per heavy atom. The van der Waals surface area contributed by atoms with Crippen LogP contribution >= 0.6 is 0 Å². The summed E-state index contributed by atoms with van der Waals surface area (Å²) in [5.41, 5.74) is 8.40. The number of H-pyrrole nitrogens is 2. The van der Waals surface area contributed by atoms with Crippen molar-refractivity contribution >= 4 is 5.82 Å². The van der Waals surface area contributed by atoms with Crippen LogP contribution in [0.15, 0.2) is 58.1 Å². The number of hydrogen-bond donors (Lipinski definition) is 3. The number of nitrogens with two attached hydrogens (primary N) is 1. The summed E-state index contributed by atoms with van der Waals surface area (Å²) in [5.74, 6) is 1.12. The first-order valence-electron chi connectivity index (χ1n) is 9.72. The van der Waals surface area contributed by atoms with Crippen LogP contribution in [0.2, 0.25) is 0 Å². The molecule has 1 aliphatic carbocycles. The number of hydrogen-bond acceptors (Lipinski definition) is 4. The molecule has 28 heavy (non-hydrogen) atoms. The molecule has 1 saturated carbocycles. The largest absolute Gasteiger partial charge is 0.384 e. The van der Waals surface area contributed by atoms with E-state index in [4.69, 9.17) is 5.73 Å². The molecule has 0 bridgehead atoms. The van der Waals surface area contributed by atoms with Crippen molar-refractivity contribution in [2.24, 2.45) is 0 Å². The lowest BCUT2D eigenvalue weighted by molar-refractivity contribution is 0.388. The Hall–Kier alpha value is -3.15. The van der Waals surface area contributed by atoms with Crippen molar-refractivity contribution in [2.75, 3.05) is 5.73 Å². The fourth-order valence-electron chi connectivity index (χ4n) is 4.27. The van der Waals surface area contributed by atoms with Gasteiger partial charge in [-0.05, 0) is 55.2 Å². The van der Waals surface area contributed by atoms with Crippen molar-refractivity contribution in [2.45, 2.75) is 43.9 Å². The maximum Gasteiger partial charge on any atom is 0.325 e. The fourth-order valence-corrected chi connectivity index (χ4v) is 4.27. The summed E-state index contributed by atoms with van der Waals surface area (Å²) in [5, 5.41) is 0. The summed E-state index contributed by atoms with van der Waals surface area (Å²) in [6.45, 7) is 0. The third-order valence-electron chi connectivity index (χ3n) is 5.67. The SMILES string of the molecule is Nc1cccc(Cc2c(=O)[nH]c(=O)[nH]c2[C@H]2CC[C@H](c3ccccc3)CC2)n1. The molecule has 0 amide bonds. The van der Waals surface area contributed by atoms with Gasteiger partial charge in [0.25, 0.3) is 5.56 Å². The number of aromatic nitrogens is 3. The highest BCUT2D eigenvalue weighted by atomic mass is 16.2. The van der Waals surface area contributed by atoms with Crippen LogP contribution < -0.4 is 17.0 Å². The Morgan fingerprint density at radius 3 is 2.32 bits per heavy atom. The Kier molecular flexibility index (Phi) is 5.10. The first kappa shape index (κ1) is 18.2. The first-order chi connectivity index (χ1) is 13.6. The third-order valence-corrected chi connectivity index (χ3v) is 5.67. The van der Waals surface area contributed by atoms with Gasteiger partial charge >= 0.3 is 5.69 Å². The zero-order valence-electron chi connectivity index (χ0n) is 15.7. The van der Waals surface area contributed by atoms with Gasteiger partial charge in [-0.3, -0.25) is 9.78 Å². The predicted molar refractivity (Wildman–Crippen MR) is 110 cm³/mol. The second-order valence-electron chi connectivity index (χ2n) is 7.49. The van der Waals surface area contributed by atoms with Gasteiger partial charge in [-0.15, -0.1) is 0 Å². The lowest BCUT2D eigenvalue weighted by Crippen LogP contribution is -2.30. The van der Waals surface area contributed by atoms with Crippen molar-refractivity contribution in [3.63, 3.8) is 0 Å². The molecule has 0 spiro atoms. The lowest BCUT2D eigenvalue weighted by atomic mass is 9.76. The van der Waals surface area contributed by atoms with E-state index in [1.165, 1.54) is 5.56 Å². The van der Waals surface area contributed by atoms with Crippen molar-refractivity contribution in [3.8, 4) is 0 Å². The predicted octanol–water partition coefficient (Wildman–Crippen LogP) is 3.07. The third kappa shape index (κ3) is 3.91. The monoisotopic (exact) mass is 376 g/mol. The number of rotatable bonds is 4. The Bertz CT molecular complexity index is 1060. The molecule has 0 unspecified atom stereocenters. The van der Waals surface area contributed by atoms with Crippen molar-refractivity contribution in [1.29, 1.82) is 0 Å². The smallest absolute Gasteiger partial charge is 0.325 e.